The molecule has 0 saturated heterocycles. The van der Waals surface area contributed by atoms with Crippen molar-refractivity contribution in [2.75, 3.05) is 42.9 Å². The van der Waals surface area contributed by atoms with Crippen molar-refractivity contribution in [1.29, 1.82) is 0 Å². The van der Waals surface area contributed by atoms with E-state index in [0.29, 0.717) is 11.9 Å². The Hall–Kier alpha value is -3.94. The predicted molar refractivity (Wildman–Crippen MR) is 182 cm³/mol. The summed E-state index contributed by atoms with van der Waals surface area (Å²) in [6.07, 6.45) is -3.16. The molecule has 0 spiro atoms. The number of aromatic nitrogens is 3. The fourth-order valence-electron chi connectivity index (χ4n) is 3.25. The summed E-state index contributed by atoms with van der Waals surface area (Å²) in [7, 11) is -4.10. The number of nitrogens with zero attached hydrogens (tertiary/aromatic N) is 4. The lowest BCUT2D eigenvalue weighted by Crippen LogP contribution is -2.27. The monoisotopic (exact) mass is 771 g/mol. The van der Waals surface area contributed by atoms with Gasteiger partial charge in [-0.15, -0.1) is 0 Å². The normalized spacial score (nSPS) is 11.3. The number of nitro benzene ring substituents is 1. The van der Waals surface area contributed by atoms with Crippen LogP contribution < -0.4 is 25.4 Å². The number of benzene rings is 2. The quantitative estimate of drug-likeness (QED) is 0.0472. The maximum atomic E-state index is 12.6. The van der Waals surface area contributed by atoms with Crippen LogP contribution in [0.15, 0.2) is 41.6 Å². The first kappa shape index (κ1) is 44.1. The molecule has 278 valence electrons. The molecule has 0 aliphatic rings. The van der Waals surface area contributed by atoms with Crippen molar-refractivity contribution in [2.45, 2.75) is 51.5 Å². The molecule has 0 radical (unpaired) electrons. The third-order valence-electron chi connectivity index (χ3n) is 5.13. The van der Waals surface area contributed by atoms with Crippen LogP contribution in [0.2, 0.25) is 5.02 Å². The summed E-state index contributed by atoms with van der Waals surface area (Å²) >= 11 is 7.31. The van der Waals surface area contributed by atoms with Gasteiger partial charge in [-0.25, -0.2) is 0 Å². The SMILES string of the molecule is CCNc1nc(NC(C)(C)C)nc(SC)n1.CCOc1cc(Oc2ccc(C(F)(F)F)cc2Cl)ccc1[N+](=O)[O-].O=C(O)CNCP(=O)(O)O. The average molecular weight is 772 g/mol. The molecule has 0 saturated carbocycles. The number of rotatable bonds is 13. The zero-order chi connectivity index (χ0) is 38.3. The van der Waals surface area contributed by atoms with E-state index >= 15 is 0 Å². The van der Waals surface area contributed by atoms with Gasteiger partial charge in [0, 0.05) is 24.2 Å². The molecule has 3 rings (SSSR count). The van der Waals surface area contributed by atoms with Gasteiger partial charge in [0.15, 0.2) is 5.16 Å². The van der Waals surface area contributed by atoms with Crippen LogP contribution in [0.25, 0.3) is 0 Å². The Morgan fingerprint density at radius 2 is 1.70 bits per heavy atom. The minimum atomic E-state index is -4.52. The number of halogens is 4. The number of carbonyl (C=O) groups is 1. The lowest BCUT2D eigenvalue weighted by atomic mass is 10.1. The standard InChI is InChI=1S/C15H11ClF3NO4.C10H19N5S.C3H8NO5P/c1-2-23-14-8-10(4-5-12(14)20(21)22)24-13-6-3-9(7-11(13)16)15(17,18)19;1-6-11-7-12-8(15-10(2,3)4)14-9(13-7)16-5;5-3(6)1-4-2-10(7,8)9/h3-8H,2H2,1H3;6H2,1-5H3,(H2,11,12,13,14,15);4H,1-2H2,(H,5,6)(H2,7,8,9). The second kappa shape index (κ2) is 20.0. The average Bonchev–Trinajstić information content (AvgIpc) is 2.97. The van der Waals surface area contributed by atoms with E-state index < -0.39 is 43.1 Å². The highest BCUT2D eigenvalue weighted by molar-refractivity contribution is 7.98. The Morgan fingerprint density at radius 1 is 1.06 bits per heavy atom. The Morgan fingerprint density at radius 3 is 2.18 bits per heavy atom. The summed E-state index contributed by atoms with van der Waals surface area (Å²) in [5.41, 5.74) is -1.21. The van der Waals surface area contributed by atoms with Gasteiger partial charge < -0.3 is 35.0 Å². The van der Waals surface area contributed by atoms with Gasteiger partial charge in [0.25, 0.3) is 0 Å². The molecule has 50 heavy (non-hydrogen) atoms. The van der Waals surface area contributed by atoms with Gasteiger partial charge in [-0.1, -0.05) is 23.4 Å². The maximum Gasteiger partial charge on any atom is 0.416 e. The van der Waals surface area contributed by atoms with E-state index in [1.165, 1.54) is 30.0 Å². The van der Waals surface area contributed by atoms with Gasteiger partial charge in [0.2, 0.25) is 17.6 Å². The van der Waals surface area contributed by atoms with Crippen LogP contribution in [0.5, 0.6) is 17.2 Å². The smallest absolute Gasteiger partial charge is 0.416 e. The third-order valence-corrected chi connectivity index (χ3v) is 6.61. The molecule has 0 aliphatic heterocycles. The van der Waals surface area contributed by atoms with E-state index in [4.69, 9.17) is 36.0 Å². The van der Waals surface area contributed by atoms with Crippen molar-refractivity contribution in [3.63, 3.8) is 0 Å². The molecule has 0 unspecified atom stereocenters. The molecule has 1 heterocycles. The van der Waals surface area contributed by atoms with Crippen LogP contribution in [0.1, 0.15) is 40.2 Å². The predicted octanol–water partition coefficient (Wildman–Crippen LogP) is 6.49. The van der Waals surface area contributed by atoms with Gasteiger partial charge in [-0.2, -0.15) is 28.1 Å². The molecule has 0 amide bonds. The van der Waals surface area contributed by atoms with E-state index in [-0.39, 0.29) is 40.1 Å². The lowest BCUT2D eigenvalue weighted by Gasteiger charge is -2.20. The fraction of sp³-hybridized carbons (Fsp3) is 0.429. The van der Waals surface area contributed by atoms with Gasteiger partial charge in [-0.3, -0.25) is 24.8 Å². The van der Waals surface area contributed by atoms with Crippen molar-refractivity contribution in [3.05, 3.63) is 57.1 Å². The molecule has 6 N–H and O–H groups in total. The van der Waals surface area contributed by atoms with E-state index in [0.717, 1.165) is 29.9 Å². The van der Waals surface area contributed by atoms with Crippen LogP contribution in [0, 0.1) is 10.1 Å². The molecular formula is C28H38ClF3N7O9PS. The molecule has 0 atom stereocenters. The van der Waals surface area contributed by atoms with Gasteiger partial charge in [-0.05, 0) is 65.1 Å². The molecule has 0 fully saturated rings. The maximum absolute atomic E-state index is 12.6. The number of nitro groups is 1. The molecule has 3 aromatic rings. The molecule has 2 aromatic carbocycles. The molecule has 1 aromatic heterocycles. The van der Waals surface area contributed by atoms with Crippen LogP contribution >= 0.6 is 31.0 Å². The number of alkyl halides is 3. The molecule has 22 heteroatoms. The first-order valence-electron chi connectivity index (χ1n) is 14.3. The van der Waals surface area contributed by atoms with Crippen LogP contribution in [0.4, 0.5) is 30.8 Å². The number of nitrogens with one attached hydrogen (secondary N) is 3. The largest absolute Gasteiger partial charge is 0.487 e. The fourth-order valence-corrected chi connectivity index (χ4v) is 4.23. The highest BCUT2D eigenvalue weighted by Gasteiger charge is 2.31. The van der Waals surface area contributed by atoms with Crippen LogP contribution in [0.3, 0.4) is 0 Å². The summed E-state index contributed by atoms with van der Waals surface area (Å²) in [6.45, 7) is 10.4. The van der Waals surface area contributed by atoms with Crippen molar-refractivity contribution in [3.8, 4) is 17.2 Å². The molecular weight excluding hydrogens is 734 g/mol. The van der Waals surface area contributed by atoms with E-state index in [1.807, 2.05) is 13.2 Å². The molecule has 0 aliphatic carbocycles. The minimum Gasteiger partial charge on any atom is -0.487 e. The number of ether oxygens (including phenoxy) is 2. The second-order valence-corrected chi connectivity index (χ2v) is 13.4. The minimum absolute atomic E-state index is 0.0111. The summed E-state index contributed by atoms with van der Waals surface area (Å²) in [5.74, 6) is 0.208. The Labute approximate surface area is 294 Å². The number of hydrogen-bond acceptors (Lipinski definition) is 13. The van der Waals surface area contributed by atoms with Crippen molar-refractivity contribution < 1.29 is 51.8 Å². The Bertz CT molecular complexity index is 1630. The Kier molecular flexibility index (Phi) is 17.7. The molecule has 0 bridgehead atoms. The number of carboxylic acids is 1. The number of anilines is 2. The number of hydrogen-bond donors (Lipinski definition) is 6. The van der Waals surface area contributed by atoms with E-state index in [1.54, 1.807) is 6.92 Å². The second-order valence-electron chi connectivity index (χ2n) is 10.6. The number of carboxylic acid groups (broad SMARTS) is 1. The lowest BCUT2D eigenvalue weighted by molar-refractivity contribution is -0.385. The Balaban J connectivity index is 0.000000414. The number of aliphatic carboxylic acids is 1. The molecule has 16 nitrogen and oxygen atoms in total. The van der Waals surface area contributed by atoms with Gasteiger partial charge in [0.05, 0.1) is 34.9 Å². The summed E-state index contributed by atoms with van der Waals surface area (Å²) < 4.78 is 58.4. The van der Waals surface area contributed by atoms with Crippen molar-refractivity contribution in [1.82, 2.24) is 20.3 Å². The highest BCUT2D eigenvalue weighted by Crippen LogP contribution is 2.38. The summed E-state index contributed by atoms with van der Waals surface area (Å²) in [6, 6.07) is 6.40. The van der Waals surface area contributed by atoms with E-state index in [2.05, 4.69) is 51.7 Å². The summed E-state index contributed by atoms with van der Waals surface area (Å²) in [4.78, 5) is 49.3. The summed E-state index contributed by atoms with van der Waals surface area (Å²) in [5, 5.41) is 27.8. The number of thioether (sulfide) groups is 1. The van der Waals surface area contributed by atoms with E-state index in [9.17, 15) is 32.6 Å². The highest BCUT2D eigenvalue weighted by atomic mass is 35.5. The van der Waals surface area contributed by atoms with Gasteiger partial charge in [0.1, 0.15) is 11.5 Å². The van der Waals surface area contributed by atoms with Gasteiger partial charge >= 0.3 is 25.4 Å². The topological polar surface area (TPSA) is 231 Å². The van der Waals surface area contributed by atoms with Crippen LogP contribution in [-0.4, -0.2) is 78.5 Å². The van der Waals surface area contributed by atoms with Crippen molar-refractivity contribution in [2.24, 2.45) is 0 Å². The zero-order valence-corrected chi connectivity index (χ0v) is 30.2. The van der Waals surface area contributed by atoms with Crippen molar-refractivity contribution >= 4 is 54.5 Å². The zero-order valence-electron chi connectivity index (χ0n) is 27.7. The first-order valence-corrected chi connectivity index (χ1v) is 17.7. The third kappa shape index (κ3) is 17.6. The van der Waals surface area contributed by atoms with Crippen LogP contribution in [-0.2, 0) is 15.5 Å². The first-order chi connectivity index (χ1) is 23.1.